The highest BCUT2D eigenvalue weighted by Gasteiger charge is 2.16. The van der Waals surface area contributed by atoms with Gasteiger partial charge in [0.15, 0.2) is 0 Å². The quantitative estimate of drug-likeness (QED) is 0.760. The Morgan fingerprint density at radius 3 is 3.14 bits per heavy atom. The highest BCUT2D eigenvalue weighted by molar-refractivity contribution is 5.32. The number of nitrogens with zero attached hydrogens (tertiary/aromatic N) is 2. The lowest BCUT2D eigenvalue weighted by Gasteiger charge is -2.27. The SMILES string of the molecule is N#Cc1cncc(OC[C@@H]2CCN2)c1. The maximum atomic E-state index is 8.64. The van der Waals surface area contributed by atoms with Gasteiger partial charge in [0, 0.05) is 18.3 Å². The van der Waals surface area contributed by atoms with Gasteiger partial charge in [0.1, 0.15) is 18.4 Å². The first kappa shape index (κ1) is 8.97. The first-order valence-corrected chi connectivity index (χ1v) is 4.60. The van der Waals surface area contributed by atoms with Crippen LogP contribution in [0.15, 0.2) is 18.5 Å². The Bertz CT molecular complexity index is 355. The summed E-state index contributed by atoms with van der Waals surface area (Å²) in [7, 11) is 0. The summed E-state index contributed by atoms with van der Waals surface area (Å²) < 4.78 is 5.48. The average molecular weight is 189 g/mol. The minimum Gasteiger partial charge on any atom is -0.490 e. The molecule has 2 rings (SSSR count). The molecule has 1 aliphatic heterocycles. The molecular formula is C10H11N3O. The zero-order valence-electron chi connectivity index (χ0n) is 7.73. The second-order valence-electron chi connectivity index (χ2n) is 3.27. The van der Waals surface area contributed by atoms with Crippen molar-refractivity contribution in [2.75, 3.05) is 13.2 Å². The first-order chi connectivity index (χ1) is 6.88. The summed E-state index contributed by atoms with van der Waals surface area (Å²) >= 11 is 0. The van der Waals surface area contributed by atoms with Crippen LogP contribution in [0.25, 0.3) is 0 Å². The predicted molar refractivity (Wildman–Crippen MR) is 50.9 cm³/mol. The molecule has 0 saturated carbocycles. The third-order valence-corrected chi connectivity index (χ3v) is 2.22. The summed E-state index contributed by atoms with van der Waals surface area (Å²) in [5.74, 6) is 0.665. The third kappa shape index (κ3) is 2.01. The molecule has 4 heteroatoms. The van der Waals surface area contributed by atoms with Crippen molar-refractivity contribution in [3.8, 4) is 11.8 Å². The Labute approximate surface area is 82.5 Å². The molecule has 1 saturated heterocycles. The molecule has 1 atom stereocenters. The van der Waals surface area contributed by atoms with Crippen LogP contribution in [0.3, 0.4) is 0 Å². The van der Waals surface area contributed by atoms with Gasteiger partial charge in [0.2, 0.25) is 0 Å². The number of aromatic nitrogens is 1. The van der Waals surface area contributed by atoms with E-state index < -0.39 is 0 Å². The van der Waals surface area contributed by atoms with Crippen LogP contribution in [0, 0.1) is 11.3 Å². The van der Waals surface area contributed by atoms with E-state index in [4.69, 9.17) is 10.00 Å². The highest BCUT2D eigenvalue weighted by Crippen LogP contribution is 2.12. The normalized spacial score (nSPS) is 19.5. The predicted octanol–water partition coefficient (Wildman–Crippen LogP) is 0.694. The Kier molecular flexibility index (Phi) is 2.61. The Balaban J connectivity index is 1.91. The first-order valence-electron chi connectivity index (χ1n) is 4.60. The molecular weight excluding hydrogens is 178 g/mol. The number of ether oxygens (including phenoxy) is 1. The summed E-state index contributed by atoms with van der Waals surface area (Å²) in [6.07, 6.45) is 4.30. The van der Waals surface area contributed by atoms with Crippen LogP contribution < -0.4 is 10.1 Å². The molecule has 0 aliphatic carbocycles. The molecule has 0 unspecified atom stereocenters. The number of hydrogen-bond donors (Lipinski definition) is 1. The number of nitrogens with one attached hydrogen (secondary N) is 1. The lowest BCUT2D eigenvalue weighted by atomic mass is 10.1. The van der Waals surface area contributed by atoms with Crippen LogP contribution in [0.5, 0.6) is 5.75 Å². The minimum absolute atomic E-state index is 0.459. The molecule has 4 nitrogen and oxygen atoms in total. The Hall–Kier alpha value is -1.60. The van der Waals surface area contributed by atoms with Gasteiger partial charge in [-0.1, -0.05) is 0 Å². The van der Waals surface area contributed by atoms with Gasteiger partial charge < -0.3 is 10.1 Å². The summed E-state index contributed by atoms with van der Waals surface area (Å²) in [6, 6.07) is 4.18. The van der Waals surface area contributed by atoms with Crippen molar-refractivity contribution < 1.29 is 4.74 Å². The van der Waals surface area contributed by atoms with Gasteiger partial charge in [-0.3, -0.25) is 4.98 Å². The van der Waals surface area contributed by atoms with E-state index in [1.54, 1.807) is 12.3 Å². The molecule has 1 aliphatic rings. The van der Waals surface area contributed by atoms with Crippen LogP contribution >= 0.6 is 0 Å². The van der Waals surface area contributed by atoms with E-state index in [-0.39, 0.29) is 0 Å². The van der Waals surface area contributed by atoms with E-state index in [1.807, 2.05) is 6.07 Å². The monoisotopic (exact) mass is 189 g/mol. The lowest BCUT2D eigenvalue weighted by Crippen LogP contribution is -2.46. The third-order valence-electron chi connectivity index (χ3n) is 2.22. The van der Waals surface area contributed by atoms with Crippen LogP contribution in [-0.4, -0.2) is 24.2 Å². The van der Waals surface area contributed by atoms with Crippen LogP contribution in [0.2, 0.25) is 0 Å². The van der Waals surface area contributed by atoms with Crippen molar-refractivity contribution >= 4 is 0 Å². The molecule has 1 aromatic rings. The van der Waals surface area contributed by atoms with E-state index in [0.717, 1.165) is 13.0 Å². The maximum absolute atomic E-state index is 8.64. The molecule has 0 radical (unpaired) electrons. The molecule has 14 heavy (non-hydrogen) atoms. The van der Waals surface area contributed by atoms with Crippen LogP contribution in [0.4, 0.5) is 0 Å². The largest absolute Gasteiger partial charge is 0.490 e. The second kappa shape index (κ2) is 4.07. The van der Waals surface area contributed by atoms with Crippen molar-refractivity contribution in [1.29, 1.82) is 5.26 Å². The fourth-order valence-corrected chi connectivity index (χ4v) is 1.25. The fourth-order valence-electron chi connectivity index (χ4n) is 1.25. The minimum atomic E-state index is 0.459. The van der Waals surface area contributed by atoms with Crippen molar-refractivity contribution in [3.05, 3.63) is 24.0 Å². The number of rotatable bonds is 3. The summed E-state index contributed by atoms with van der Waals surface area (Å²) in [5, 5.41) is 11.9. The molecule has 0 amide bonds. The zero-order valence-corrected chi connectivity index (χ0v) is 7.73. The van der Waals surface area contributed by atoms with Crippen molar-refractivity contribution in [3.63, 3.8) is 0 Å². The molecule has 1 fully saturated rings. The van der Waals surface area contributed by atoms with Gasteiger partial charge in [-0.15, -0.1) is 0 Å². The van der Waals surface area contributed by atoms with Crippen LogP contribution in [-0.2, 0) is 0 Å². The molecule has 1 aromatic heterocycles. The van der Waals surface area contributed by atoms with E-state index in [0.29, 0.717) is 24.0 Å². The zero-order chi connectivity index (χ0) is 9.80. The Morgan fingerprint density at radius 2 is 2.50 bits per heavy atom. The topological polar surface area (TPSA) is 57.9 Å². The molecule has 0 bridgehead atoms. The average Bonchev–Trinajstić information content (AvgIpc) is 2.16. The van der Waals surface area contributed by atoms with Gasteiger partial charge in [-0.05, 0) is 13.0 Å². The van der Waals surface area contributed by atoms with Gasteiger partial charge in [-0.25, -0.2) is 0 Å². The lowest BCUT2D eigenvalue weighted by molar-refractivity contribution is 0.217. The van der Waals surface area contributed by atoms with Gasteiger partial charge in [0.25, 0.3) is 0 Å². The van der Waals surface area contributed by atoms with Crippen molar-refractivity contribution in [2.45, 2.75) is 12.5 Å². The molecule has 72 valence electrons. The van der Waals surface area contributed by atoms with Crippen molar-refractivity contribution in [1.82, 2.24) is 10.3 Å². The standard InChI is InChI=1S/C10H11N3O/c11-4-8-3-10(6-12-5-8)14-7-9-1-2-13-9/h3,5-6,9,13H,1-2,7H2/t9-/m0/s1. The van der Waals surface area contributed by atoms with Gasteiger partial charge >= 0.3 is 0 Å². The highest BCUT2D eigenvalue weighted by atomic mass is 16.5. The summed E-state index contributed by atoms with van der Waals surface area (Å²) in [4.78, 5) is 3.91. The van der Waals surface area contributed by atoms with E-state index in [2.05, 4.69) is 10.3 Å². The number of nitriles is 1. The maximum Gasteiger partial charge on any atom is 0.138 e. The summed E-state index contributed by atoms with van der Waals surface area (Å²) in [5.41, 5.74) is 0.532. The smallest absolute Gasteiger partial charge is 0.138 e. The van der Waals surface area contributed by atoms with E-state index in [9.17, 15) is 0 Å². The van der Waals surface area contributed by atoms with E-state index >= 15 is 0 Å². The Morgan fingerprint density at radius 1 is 1.64 bits per heavy atom. The molecule has 1 N–H and O–H groups in total. The number of pyridine rings is 1. The molecule has 0 aromatic carbocycles. The molecule has 2 heterocycles. The fraction of sp³-hybridized carbons (Fsp3) is 0.400. The summed E-state index contributed by atoms with van der Waals surface area (Å²) in [6.45, 7) is 1.72. The number of hydrogen-bond acceptors (Lipinski definition) is 4. The van der Waals surface area contributed by atoms with E-state index in [1.165, 1.54) is 6.20 Å². The molecule has 0 spiro atoms. The van der Waals surface area contributed by atoms with Crippen molar-refractivity contribution in [2.24, 2.45) is 0 Å². The van der Waals surface area contributed by atoms with Gasteiger partial charge in [-0.2, -0.15) is 5.26 Å². The van der Waals surface area contributed by atoms with Crippen LogP contribution in [0.1, 0.15) is 12.0 Å². The van der Waals surface area contributed by atoms with Gasteiger partial charge in [0.05, 0.1) is 11.8 Å². The second-order valence-corrected chi connectivity index (χ2v) is 3.27.